The zero-order valence-electron chi connectivity index (χ0n) is 11.1. The molecule has 0 aromatic heterocycles. The van der Waals surface area contributed by atoms with Crippen LogP contribution in [0.15, 0.2) is 91.0 Å². The molecular formula is C18H17PTe. The molecule has 0 N–H and O–H groups in total. The van der Waals surface area contributed by atoms with Gasteiger partial charge in [-0.25, -0.2) is 0 Å². The van der Waals surface area contributed by atoms with Gasteiger partial charge in [0.1, 0.15) is 0 Å². The van der Waals surface area contributed by atoms with Gasteiger partial charge in [0.25, 0.3) is 0 Å². The van der Waals surface area contributed by atoms with E-state index in [0.717, 1.165) is 0 Å². The summed E-state index contributed by atoms with van der Waals surface area (Å²) in [4.78, 5) is 0. The number of hydrogen-bond donors (Lipinski definition) is 0. The molecule has 0 nitrogen and oxygen atoms in total. The largest absolute Gasteiger partial charge is 0.0622 e. The molecule has 0 atom stereocenters. The topological polar surface area (TPSA) is 0 Å². The molecule has 0 aliphatic carbocycles. The third-order valence-electron chi connectivity index (χ3n) is 3.04. The summed E-state index contributed by atoms with van der Waals surface area (Å²) in [7, 11) is -0.446. The van der Waals surface area contributed by atoms with E-state index in [2.05, 4.69) is 91.0 Å². The third-order valence-corrected chi connectivity index (χ3v) is 5.49. The Morgan fingerprint density at radius 2 is 0.650 bits per heavy atom. The average molecular weight is 392 g/mol. The van der Waals surface area contributed by atoms with Gasteiger partial charge in [-0.3, -0.25) is 0 Å². The summed E-state index contributed by atoms with van der Waals surface area (Å²) >= 11 is 0. The van der Waals surface area contributed by atoms with Crippen LogP contribution in [0.1, 0.15) is 0 Å². The van der Waals surface area contributed by atoms with E-state index in [4.69, 9.17) is 0 Å². The fraction of sp³-hybridized carbons (Fsp3) is 0. The Morgan fingerprint density at radius 1 is 0.400 bits per heavy atom. The maximum absolute atomic E-state index is 2.23. The first-order valence-corrected chi connectivity index (χ1v) is 7.74. The van der Waals surface area contributed by atoms with Crippen molar-refractivity contribution in [2.24, 2.45) is 0 Å². The monoisotopic (exact) mass is 394 g/mol. The van der Waals surface area contributed by atoms with Gasteiger partial charge in [0.15, 0.2) is 0 Å². The predicted molar refractivity (Wildman–Crippen MR) is 93.7 cm³/mol. The van der Waals surface area contributed by atoms with Gasteiger partial charge in [-0.2, -0.15) is 0 Å². The molecule has 0 spiro atoms. The fourth-order valence-corrected chi connectivity index (χ4v) is 4.48. The van der Waals surface area contributed by atoms with E-state index in [1.54, 1.807) is 0 Å². The molecule has 0 radical (unpaired) electrons. The van der Waals surface area contributed by atoms with Crippen LogP contribution in [-0.2, 0) is 0 Å². The Morgan fingerprint density at radius 3 is 0.900 bits per heavy atom. The van der Waals surface area contributed by atoms with Crippen LogP contribution in [0.2, 0.25) is 0 Å². The summed E-state index contributed by atoms with van der Waals surface area (Å²) in [5, 5.41) is 4.19. The Kier molecular flexibility index (Phi) is 5.81. The van der Waals surface area contributed by atoms with Gasteiger partial charge in [0.05, 0.1) is 0 Å². The van der Waals surface area contributed by atoms with Gasteiger partial charge in [0.2, 0.25) is 0 Å². The smallest absolute Gasteiger partial charge is 0.0134 e. The Balaban J connectivity index is 0.00000147. The van der Waals surface area contributed by atoms with Crippen molar-refractivity contribution in [2.75, 3.05) is 0 Å². The van der Waals surface area contributed by atoms with E-state index < -0.39 is 7.92 Å². The summed E-state index contributed by atoms with van der Waals surface area (Å²) in [6, 6.07) is 32.3. The molecular weight excluding hydrogens is 375 g/mol. The molecule has 0 aliphatic rings. The fourth-order valence-electron chi connectivity index (χ4n) is 2.18. The summed E-state index contributed by atoms with van der Waals surface area (Å²) in [5.41, 5.74) is 0. The van der Waals surface area contributed by atoms with Crippen molar-refractivity contribution in [3.63, 3.8) is 0 Å². The quantitative estimate of drug-likeness (QED) is 0.475. The second-order valence-electron chi connectivity index (χ2n) is 4.34. The summed E-state index contributed by atoms with van der Waals surface area (Å²) in [6.45, 7) is 0. The van der Waals surface area contributed by atoms with Crippen LogP contribution in [0, 0.1) is 0 Å². The van der Waals surface area contributed by atoms with E-state index in [-0.39, 0.29) is 23.7 Å². The molecule has 3 rings (SSSR count). The van der Waals surface area contributed by atoms with Crippen LogP contribution in [-0.4, -0.2) is 23.7 Å². The van der Waals surface area contributed by atoms with E-state index in [9.17, 15) is 0 Å². The van der Waals surface area contributed by atoms with E-state index in [1.807, 2.05) is 0 Å². The van der Waals surface area contributed by atoms with Crippen molar-refractivity contribution < 1.29 is 0 Å². The van der Waals surface area contributed by atoms with Crippen molar-refractivity contribution in [1.82, 2.24) is 0 Å². The van der Waals surface area contributed by atoms with Crippen LogP contribution in [0.4, 0.5) is 0 Å². The Labute approximate surface area is 138 Å². The first-order valence-electron chi connectivity index (χ1n) is 6.40. The van der Waals surface area contributed by atoms with Crippen LogP contribution in [0.25, 0.3) is 0 Å². The average Bonchev–Trinajstić information content (AvgIpc) is 2.51. The van der Waals surface area contributed by atoms with Crippen molar-refractivity contribution >= 4 is 47.5 Å². The molecule has 100 valence electrons. The van der Waals surface area contributed by atoms with Gasteiger partial charge in [-0.15, -0.1) is 0 Å². The predicted octanol–water partition coefficient (Wildman–Crippen LogP) is 2.53. The standard InChI is InChI=1S/C18H15P.H2Te/c1-4-10-16(11-5-1)19(17-12-6-2-7-13-17)18-14-8-3-9-15-18;/h1-15H;1H2. The first kappa shape index (κ1) is 15.3. The minimum atomic E-state index is -0.446. The number of rotatable bonds is 3. The van der Waals surface area contributed by atoms with Crippen molar-refractivity contribution in [3.8, 4) is 0 Å². The number of benzene rings is 3. The van der Waals surface area contributed by atoms with Crippen molar-refractivity contribution in [2.45, 2.75) is 0 Å². The van der Waals surface area contributed by atoms with Crippen LogP contribution in [0.3, 0.4) is 0 Å². The van der Waals surface area contributed by atoms with E-state index in [0.29, 0.717) is 0 Å². The van der Waals surface area contributed by atoms with Gasteiger partial charge in [-0.1, -0.05) is 91.0 Å². The Hall–Kier alpha value is -1.12. The van der Waals surface area contributed by atoms with Gasteiger partial charge >= 0.3 is 23.7 Å². The molecule has 3 aromatic rings. The zero-order valence-corrected chi connectivity index (χ0v) is 14.9. The van der Waals surface area contributed by atoms with Gasteiger partial charge in [-0.05, 0) is 23.8 Å². The maximum Gasteiger partial charge on any atom is -0.0134 e. The summed E-state index contributed by atoms with van der Waals surface area (Å²) < 4.78 is 0. The van der Waals surface area contributed by atoms with Gasteiger partial charge in [0, 0.05) is 0 Å². The summed E-state index contributed by atoms with van der Waals surface area (Å²) in [5.74, 6) is 0. The SMILES string of the molecule is [TeH2].c1ccc(P(c2ccccc2)c2ccccc2)cc1. The van der Waals surface area contributed by atoms with Crippen LogP contribution >= 0.6 is 7.92 Å². The maximum atomic E-state index is 2.23. The minimum Gasteiger partial charge on any atom is -0.0622 e. The van der Waals surface area contributed by atoms with E-state index >= 15 is 0 Å². The molecule has 0 bridgehead atoms. The minimum absolute atomic E-state index is 0. The Bertz CT molecular complexity index is 529. The third kappa shape index (κ3) is 3.50. The second kappa shape index (κ2) is 7.61. The van der Waals surface area contributed by atoms with Crippen LogP contribution < -0.4 is 15.9 Å². The van der Waals surface area contributed by atoms with E-state index in [1.165, 1.54) is 15.9 Å². The van der Waals surface area contributed by atoms with Crippen molar-refractivity contribution in [3.05, 3.63) is 91.0 Å². The molecule has 20 heavy (non-hydrogen) atoms. The molecule has 0 unspecified atom stereocenters. The van der Waals surface area contributed by atoms with Crippen molar-refractivity contribution in [1.29, 1.82) is 0 Å². The molecule has 0 saturated carbocycles. The molecule has 0 aliphatic heterocycles. The van der Waals surface area contributed by atoms with Gasteiger partial charge < -0.3 is 0 Å². The second-order valence-corrected chi connectivity index (χ2v) is 6.56. The first-order chi connectivity index (χ1) is 9.45. The molecule has 0 fully saturated rings. The number of hydrogen-bond acceptors (Lipinski definition) is 0. The zero-order chi connectivity index (χ0) is 12.9. The summed E-state index contributed by atoms with van der Waals surface area (Å²) in [6.07, 6.45) is 0. The molecule has 0 heterocycles. The van der Waals surface area contributed by atoms with Crippen LogP contribution in [0.5, 0.6) is 0 Å². The molecule has 2 heteroatoms. The molecule has 0 amide bonds. The molecule has 3 aromatic carbocycles. The normalized spacial score (nSPS) is 10.1. The molecule has 0 saturated heterocycles.